The van der Waals surface area contributed by atoms with E-state index in [0.29, 0.717) is 5.69 Å². The minimum absolute atomic E-state index is 0.0598. The van der Waals surface area contributed by atoms with E-state index in [-0.39, 0.29) is 17.4 Å². The molecule has 0 saturated heterocycles. The Kier molecular flexibility index (Phi) is 4.16. The smallest absolute Gasteiger partial charge is 0.288 e. The molecule has 100 valence electrons. The van der Waals surface area contributed by atoms with Crippen molar-refractivity contribution in [1.29, 1.82) is 0 Å². The maximum atomic E-state index is 11.9. The van der Waals surface area contributed by atoms with E-state index in [1.165, 1.54) is 6.20 Å². The van der Waals surface area contributed by atoms with Crippen LogP contribution in [0.3, 0.4) is 0 Å². The van der Waals surface area contributed by atoms with E-state index in [1.54, 1.807) is 39.8 Å². The molecule has 6 heteroatoms. The molecule has 0 bridgehead atoms. The molecule has 0 saturated carbocycles. The van der Waals surface area contributed by atoms with Crippen molar-refractivity contribution in [3.05, 3.63) is 21.6 Å². The van der Waals surface area contributed by atoms with Crippen LogP contribution in [-0.4, -0.2) is 29.7 Å². The molecule has 0 atom stereocenters. The first-order valence-electron chi connectivity index (χ1n) is 5.61. The Balaban J connectivity index is 3.11. The summed E-state index contributed by atoms with van der Waals surface area (Å²) in [5.41, 5.74) is -0.407. The molecule has 1 aromatic rings. The summed E-state index contributed by atoms with van der Waals surface area (Å²) in [5.74, 6) is -0.0641. The van der Waals surface area contributed by atoms with Gasteiger partial charge in [0.25, 0.3) is 5.56 Å². The SMILES string of the molecule is CN(C)c1cnn(CC(=O)C(C)(C)C)c(=O)c1Cl. The normalized spacial score (nSPS) is 11.4. The van der Waals surface area contributed by atoms with Gasteiger partial charge in [-0.1, -0.05) is 32.4 Å². The first-order chi connectivity index (χ1) is 8.14. The molecule has 1 heterocycles. The molecule has 18 heavy (non-hydrogen) atoms. The van der Waals surface area contributed by atoms with E-state index < -0.39 is 11.0 Å². The average molecular weight is 272 g/mol. The zero-order chi connectivity index (χ0) is 14.1. The Morgan fingerprint density at radius 2 is 2.00 bits per heavy atom. The van der Waals surface area contributed by atoms with Gasteiger partial charge in [0, 0.05) is 19.5 Å². The number of hydrogen-bond donors (Lipinski definition) is 0. The summed E-state index contributed by atoms with van der Waals surface area (Å²) in [6.07, 6.45) is 1.49. The number of halogens is 1. The first-order valence-corrected chi connectivity index (χ1v) is 5.98. The van der Waals surface area contributed by atoms with Gasteiger partial charge in [-0.2, -0.15) is 5.10 Å². The highest BCUT2D eigenvalue weighted by molar-refractivity contribution is 6.33. The molecule has 0 aliphatic carbocycles. The number of carbonyl (C=O) groups is 1. The molecule has 0 N–H and O–H groups in total. The number of rotatable bonds is 3. The number of ketones is 1. The standard InChI is InChI=1S/C12H18ClN3O2/c1-12(2,3)9(17)7-16-11(18)10(13)8(6-14-16)15(4)5/h6H,7H2,1-5H3. The van der Waals surface area contributed by atoms with E-state index >= 15 is 0 Å². The molecule has 0 amide bonds. The fourth-order valence-electron chi connectivity index (χ4n) is 1.25. The quantitative estimate of drug-likeness (QED) is 0.838. The lowest BCUT2D eigenvalue weighted by Crippen LogP contribution is -2.33. The van der Waals surface area contributed by atoms with Crippen LogP contribution in [-0.2, 0) is 11.3 Å². The minimum Gasteiger partial charge on any atom is -0.375 e. The van der Waals surface area contributed by atoms with Crippen molar-refractivity contribution in [2.24, 2.45) is 5.41 Å². The molecule has 1 rings (SSSR count). The maximum Gasteiger partial charge on any atom is 0.288 e. The second-order valence-electron chi connectivity index (χ2n) is 5.37. The van der Waals surface area contributed by atoms with Gasteiger partial charge in [-0.05, 0) is 0 Å². The number of anilines is 1. The molecular weight excluding hydrogens is 254 g/mol. The molecule has 0 aliphatic rings. The Hall–Kier alpha value is -1.36. The number of Topliss-reactive ketones (excluding diaryl/α,β-unsaturated/α-hetero) is 1. The van der Waals surface area contributed by atoms with E-state index in [9.17, 15) is 9.59 Å². The summed E-state index contributed by atoms with van der Waals surface area (Å²) >= 11 is 5.96. The fourth-order valence-corrected chi connectivity index (χ4v) is 1.57. The molecule has 0 aliphatic heterocycles. The Morgan fingerprint density at radius 3 is 2.44 bits per heavy atom. The summed E-state index contributed by atoms with van der Waals surface area (Å²) in [6.45, 7) is 5.35. The first kappa shape index (κ1) is 14.7. The molecular formula is C12H18ClN3O2. The van der Waals surface area contributed by atoms with Gasteiger partial charge >= 0.3 is 0 Å². The van der Waals surface area contributed by atoms with Crippen molar-refractivity contribution >= 4 is 23.1 Å². The highest BCUT2D eigenvalue weighted by Crippen LogP contribution is 2.19. The summed E-state index contributed by atoms with van der Waals surface area (Å²) in [6, 6.07) is 0. The summed E-state index contributed by atoms with van der Waals surface area (Å²) in [4.78, 5) is 25.5. The van der Waals surface area contributed by atoms with Crippen LogP contribution in [0.2, 0.25) is 5.02 Å². The topological polar surface area (TPSA) is 55.2 Å². The number of carbonyl (C=O) groups excluding carboxylic acids is 1. The molecule has 1 aromatic heterocycles. The molecule has 0 unspecified atom stereocenters. The third-order valence-electron chi connectivity index (χ3n) is 2.58. The Morgan fingerprint density at radius 1 is 1.44 bits per heavy atom. The monoisotopic (exact) mass is 271 g/mol. The number of aromatic nitrogens is 2. The molecule has 0 radical (unpaired) electrons. The van der Waals surface area contributed by atoms with Crippen LogP contribution < -0.4 is 10.5 Å². The molecule has 0 spiro atoms. The van der Waals surface area contributed by atoms with Crippen molar-refractivity contribution in [2.75, 3.05) is 19.0 Å². The molecule has 0 aromatic carbocycles. The van der Waals surface area contributed by atoms with Crippen LogP contribution in [0.5, 0.6) is 0 Å². The average Bonchev–Trinajstić information content (AvgIpc) is 2.22. The zero-order valence-corrected chi connectivity index (χ0v) is 12.1. The Labute approximate surface area is 111 Å². The van der Waals surface area contributed by atoms with Crippen molar-refractivity contribution in [3.63, 3.8) is 0 Å². The van der Waals surface area contributed by atoms with Gasteiger partial charge in [0.2, 0.25) is 0 Å². The van der Waals surface area contributed by atoms with Gasteiger partial charge in [-0.15, -0.1) is 0 Å². The Bertz CT molecular complexity index is 515. The van der Waals surface area contributed by atoms with Crippen LogP contribution in [0.4, 0.5) is 5.69 Å². The van der Waals surface area contributed by atoms with Gasteiger partial charge in [0.15, 0.2) is 5.78 Å². The van der Waals surface area contributed by atoms with Gasteiger partial charge in [0.1, 0.15) is 11.6 Å². The third-order valence-corrected chi connectivity index (χ3v) is 2.93. The summed E-state index contributed by atoms with van der Waals surface area (Å²) in [7, 11) is 3.54. The lowest BCUT2D eigenvalue weighted by molar-refractivity contribution is -0.127. The largest absolute Gasteiger partial charge is 0.375 e. The predicted molar refractivity (Wildman–Crippen MR) is 72.3 cm³/mol. The maximum absolute atomic E-state index is 11.9. The van der Waals surface area contributed by atoms with E-state index in [0.717, 1.165) is 4.68 Å². The molecule has 0 fully saturated rings. The van der Waals surface area contributed by atoms with Crippen molar-refractivity contribution in [3.8, 4) is 0 Å². The van der Waals surface area contributed by atoms with Gasteiger partial charge < -0.3 is 4.90 Å². The number of nitrogens with zero attached hydrogens (tertiary/aromatic N) is 3. The van der Waals surface area contributed by atoms with Crippen molar-refractivity contribution < 1.29 is 4.79 Å². The van der Waals surface area contributed by atoms with Crippen LogP contribution in [0.1, 0.15) is 20.8 Å². The zero-order valence-electron chi connectivity index (χ0n) is 11.3. The lowest BCUT2D eigenvalue weighted by Gasteiger charge is -2.18. The van der Waals surface area contributed by atoms with Crippen molar-refractivity contribution in [1.82, 2.24) is 9.78 Å². The van der Waals surface area contributed by atoms with Crippen LogP contribution in [0.25, 0.3) is 0 Å². The van der Waals surface area contributed by atoms with Crippen LogP contribution in [0, 0.1) is 5.41 Å². The van der Waals surface area contributed by atoms with E-state index in [2.05, 4.69) is 5.10 Å². The van der Waals surface area contributed by atoms with Crippen LogP contribution >= 0.6 is 11.6 Å². The number of hydrogen-bond acceptors (Lipinski definition) is 4. The third kappa shape index (κ3) is 3.10. The van der Waals surface area contributed by atoms with Gasteiger partial charge in [-0.25, -0.2) is 4.68 Å². The second-order valence-corrected chi connectivity index (χ2v) is 5.75. The van der Waals surface area contributed by atoms with Crippen LogP contribution in [0.15, 0.2) is 11.0 Å². The van der Waals surface area contributed by atoms with Gasteiger partial charge in [-0.3, -0.25) is 9.59 Å². The lowest BCUT2D eigenvalue weighted by atomic mass is 9.91. The van der Waals surface area contributed by atoms with Crippen molar-refractivity contribution in [2.45, 2.75) is 27.3 Å². The minimum atomic E-state index is -0.506. The summed E-state index contributed by atoms with van der Waals surface area (Å²) in [5, 5.41) is 4.05. The highest BCUT2D eigenvalue weighted by Gasteiger charge is 2.23. The van der Waals surface area contributed by atoms with E-state index in [1.807, 2.05) is 0 Å². The van der Waals surface area contributed by atoms with E-state index in [4.69, 9.17) is 11.6 Å². The predicted octanol–water partition coefficient (Wildman–Crippen LogP) is 1.58. The second kappa shape index (κ2) is 5.10. The highest BCUT2D eigenvalue weighted by atomic mass is 35.5. The summed E-state index contributed by atoms with van der Waals surface area (Å²) < 4.78 is 1.10. The fraction of sp³-hybridized carbons (Fsp3) is 0.583. The van der Waals surface area contributed by atoms with Gasteiger partial charge in [0.05, 0.1) is 11.9 Å². The molecule has 5 nitrogen and oxygen atoms in total.